The maximum Gasteiger partial charge on any atom is 0.509 e. The van der Waals surface area contributed by atoms with Gasteiger partial charge in [0.1, 0.15) is 24.5 Å². The van der Waals surface area contributed by atoms with Crippen molar-refractivity contribution in [3.8, 4) is 0 Å². The molecule has 2 atom stereocenters. The summed E-state index contributed by atoms with van der Waals surface area (Å²) in [6.45, 7) is 2.71. The molecule has 0 spiro atoms. The van der Waals surface area contributed by atoms with Crippen LogP contribution in [0.25, 0.3) is 0 Å². The standard InChI is InChI=1S/C27H25N7O10S/c1-27(2,44-26(37)43-14-16-6-10-18(11-7-16)34(40)41)21-19-12-20(45-25-28-29-30-31(25)3)22(32(19)23(21)35)24(36)42-13-15-4-8-17(9-5-15)33(38)39/h4-11,19,21H,12-14H2,1-3H3/t19-,21+/m1/s1. The van der Waals surface area contributed by atoms with Gasteiger partial charge in [-0.05, 0) is 59.7 Å². The number of aromatic nitrogens is 4. The number of amides is 1. The molecule has 3 aromatic rings. The molecule has 2 aliphatic heterocycles. The first-order valence-corrected chi connectivity index (χ1v) is 14.1. The number of ether oxygens (including phenoxy) is 3. The second-order valence-corrected chi connectivity index (χ2v) is 11.6. The Morgan fingerprint density at radius 3 is 2.04 bits per heavy atom. The van der Waals surface area contributed by atoms with Crippen molar-refractivity contribution in [1.82, 2.24) is 25.1 Å². The molecule has 0 unspecified atom stereocenters. The number of esters is 1. The van der Waals surface area contributed by atoms with Gasteiger partial charge in [-0.1, -0.05) is 11.8 Å². The lowest BCUT2D eigenvalue weighted by atomic mass is 9.76. The number of hydrogen-bond donors (Lipinski definition) is 0. The predicted molar refractivity (Wildman–Crippen MR) is 152 cm³/mol. The first kappa shape index (κ1) is 31.0. The highest BCUT2D eigenvalue weighted by molar-refractivity contribution is 8.03. The smallest absolute Gasteiger partial charge is 0.456 e. The molecule has 0 radical (unpaired) electrons. The fourth-order valence-electron chi connectivity index (χ4n) is 5.03. The van der Waals surface area contributed by atoms with Crippen molar-refractivity contribution in [2.75, 3.05) is 0 Å². The molecular weight excluding hydrogens is 614 g/mol. The van der Waals surface area contributed by atoms with Gasteiger partial charge in [-0.3, -0.25) is 25.0 Å². The van der Waals surface area contributed by atoms with Gasteiger partial charge in [0.25, 0.3) is 11.4 Å². The number of carbonyl (C=O) groups is 3. The third-order valence-corrected chi connectivity index (χ3v) is 8.36. The number of thioether (sulfide) groups is 1. The van der Waals surface area contributed by atoms with Crippen molar-refractivity contribution in [3.05, 3.63) is 90.5 Å². The summed E-state index contributed by atoms with van der Waals surface area (Å²) in [5.41, 5.74) is -0.551. The number of hydrogen-bond acceptors (Lipinski definition) is 14. The number of tetrazole rings is 1. The highest BCUT2D eigenvalue weighted by atomic mass is 32.2. The van der Waals surface area contributed by atoms with E-state index in [-0.39, 0.29) is 36.7 Å². The highest BCUT2D eigenvalue weighted by Gasteiger charge is 2.62. The molecule has 0 saturated carbocycles. The van der Waals surface area contributed by atoms with Crippen LogP contribution < -0.4 is 0 Å². The van der Waals surface area contributed by atoms with Crippen LogP contribution >= 0.6 is 11.8 Å². The molecule has 5 rings (SSSR count). The number of rotatable bonds is 11. The van der Waals surface area contributed by atoms with Gasteiger partial charge in [0.05, 0.1) is 21.8 Å². The van der Waals surface area contributed by atoms with Crippen LogP contribution in [0.5, 0.6) is 0 Å². The number of nitro groups is 2. The third kappa shape index (κ3) is 6.44. The summed E-state index contributed by atoms with van der Waals surface area (Å²) >= 11 is 1.09. The largest absolute Gasteiger partial charge is 0.509 e. The summed E-state index contributed by atoms with van der Waals surface area (Å²) in [6, 6.07) is 10.4. The summed E-state index contributed by atoms with van der Waals surface area (Å²) in [4.78, 5) is 61.9. The molecule has 45 heavy (non-hydrogen) atoms. The van der Waals surface area contributed by atoms with E-state index in [1.54, 1.807) is 20.9 Å². The molecule has 17 nitrogen and oxygen atoms in total. The van der Waals surface area contributed by atoms with Crippen LogP contribution in [-0.4, -0.2) is 64.6 Å². The number of nitrogens with zero attached hydrogens (tertiary/aromatic N) is 7. The van der Waals surface area contributed by atoms with Gasteiger partial charge >= 0.3 is 12.1 Å². The van der Waals surface area contributed by atoms with Crippen LogP contribution in [0.3, 0.4) is 0 Å². The Morgan fingerprint density at radius 2 is 1.53 bits per heavy atom. The Morgan fingerprint density at radius 1 is 0.978 bits per heavy atom. The van der Waals surface area contributed by atoms with E-state index in [9.17, 15) is 34.6 Å². The van der Waals surface area contributed by atoms with Gasteiger partial charge in [-0.15, -0.1) is 5.10 Å². The molecule has 2 aliphatic rings. The molecular formula is C27H25N7O10S. The zero-order chi connectivity index (χ0) is 32.5. The number of non-ortho nitro benzene ring substituents is 2. The Hall–Kier alpha value is -5.39. The Kier molecular flexibility index (Phi) is 8.49. The molecule has 1 fully saturated rings. The van der Waals surface area contributed by atoms with Gasteiger partial charge in [0.15, 0.2) is 0 Å². The minimum Gasteiger partial charge on any atom is -0.456 e. The maximum atomic E-state index is 13.5. The number of nitro benzene ring substituents is 2. The molecule has 1 saturated heterocycles. The molecule has 234 valence electrons. The van der Waals surface area contributed by atoms with E-state index < -0.39 is 45.4 Å². The molecule has 3 heterocycles. The van der Waals surface area contributed by atoms with Crippen LogP contribution in [0, 0.1) is 26.1 Å². The zero-order valence-corrected chi connectivity index (χ0v) is 24.8. The predicted octanol–water partition coefficient (Wildman–Crippen LogP) is 3.44. The lowest BCUT2D eigenvalue weighted by Crippen LogP contribution is -2.66. The van der Waals surface area contributed by atoms with Crippen molar-refractivity contribution in [1.29, 1.82) is 0 Å². The normalized spacial score (nSPS) is 17.4. The van der Waals surface area contributed by atoms with Crippen molar-refractivity contribution >= 4 is 41.2 Å². The van der Waals surface area contributed by atoms with Gasteiger partial charge in [-0.2, -0.15) is 0 Å². The number of aryl methyl sites for hydroxylation is 1. The van der Waals surface area contributed by atoms with Gasteiger partial charge < -0.3 is 19.1 Å². The number of carbonyl (C=O) groups excluding carboxylic acids is 3. The van der Waals surface area contributed by atoms with E-state index in [0.717, 1.165) is 11.8 Å². The SMILES string of the molecule is Cn1nnnc1SC1=C(C(=O)OCc2ccc([N+](=O)[O-])cc2)N2C(=O)[C@@H](C(C)(C)OC(=O)OCc3ccc([N+](=O)[O-])cc3)[C@H]2C1. The topological polar surface area (TPSA) is 212 Å². The fourth-order valence-corrected chi connectivity index (χ4v) is 6.03. The lowest BCUT2D eigenvalue weighted by Gasteiger charge is -2.49. The first-order valence-electron chi connectivity index (χ1n) is 13.3. The van der Waals surface area contributed by atoms with Gasteiger partial charge in [0.2, 0.25) is 11.1 Å². The third-order valence-electron chi connectivity index (χ3n) is 7.22. The lowest BCUT2D eigenvalue weighted by molar-refractivity contribution is -0.385. The summed E-state index contributed by atoms with van der Waals surface area (Å²) in [6.07, 6.45) is -0.821. The maximum absolute atomic E-state index is 13.5. The Balaban J connectivity index is 1.27. The highest BCUT2D eigenvalue weighted by Crippen LogP contribution is 2.51. The van der Waals surface area contributed by atoms with Crippen molar-refractivity contribution in [2.24, 2.45) is 13.0 Å². The van der Waals surface area contributed by atoms with Crippen LogP contribution in [-0.2, 0) is 44.1 Å². The van der Waals surface area contributed by atoms with E-state index in [1.807, 2.05) is 0 Å². The number of fused-ring (bicyclic) bond motifs is 1. The van der Waals surface area contributed by atoms with Crippen molar-refractivity contribution < 1.29 is 38.4 Å². The minimum atomic E-state index is -1.34. The van der Waals surface area contributed by atoms with Crippen molar-refractivity contribution in [3.63, 3.8) is 0 Å². The minimum absolute atomic E-state index is 0.00714. The average molecular weight is 640 g/mol. The second kappa shape index (κ2) is 12.3. The van der Waals surface area contributed by atoms with E-state index in [4.69, 9.17) is 14.2 Å². The summed E-state index contributed by atoms with van der Waals surface area (Å²) in [7, 11) is 1.62. The Bertz CT molecular complexity index is 1710. The van der Waals surface area contributed by atoms with E-state index >= 15 is 0 Å². The molecule has 18 heteroatoms. The number of β-lactam (4-membered cyclic amide) rings is 1. The van der Waals surface area contributed by atoms with Crippen LogP contribution in [0.15, 0.2) is 64.3 Å². The Labute approximate surface area is 258 Å². The van der Waals surface area contributed by atoms with Crippen LogP contribution in [0.1, 0.15) is 31.4 Å². The molecule has 1 aromatic heterocycles. The summed E-state index contributed by atoms with van der Waals surface area (Å²) in [5.74, 6) is -2.10. The molecule has 0 aliphatic carbocycles. The van der Waals surface area contributed by atoms with Crippen molar-refractivity contribution in [2.45, 2.75) is 50.3 Å². The van der Waals surface area contributed by atoms with Crippen LogP contribution in [0.4, 0.5) is 16.2 Å². The summed E-state index contributed by atoms with van der Waals surface area (Å²) in [5, 5.41) is 33.5. The quantitative estimate of drug-likeness (QED) is 0.127. The second-order valence-electron chi connectivity index (χ2n) is 10.6. The monoisotopic (exact) mass is 639 g/mol. The van der Waals surface area contributed by atoms with Gasteiger partial charge in [-0.25, -0.2) is 14.3 Å². The molecule has 0 bridgehead atoms. The molecule has 1 amide bonds. The summed E-state index contributed by atoms with van der Waals surface area (Å²) < 4.78 is 17.6. The van der Waals surface area contributed by atoms with E-state index in [1.165, 1.54) is 58.1 Å². The zero-order valence-electron chi connectivity index (χ0n) is 24.0. The fraction of sp³-hybridized carbons (Fsp3) is 0.333. The van der Waals surface area contributed by atoms with E-state index in [2.05, 4.69) is 15.5 Å². The molecule has 0 N–H and O–H groups in total. The van der Waals surface area contributed by atoms with E-state index in [0.29, 0.717) is 21.2 Å². The van der Waals surface area contributed by atoms with Gasteiger partial charge in [0, 0.05) is 42.6 Å². The first-order chi connectivity index (χ1) is 21.4. The number of benzene rings is 2. The van der Waals surface area contributed by atoms with Crippen LogP contribution in [0.2, 0.25) is 0 Å². The average Bonchev–Trinajstić information content (AvgIpc) is 3.54. The molecule has 2 aromatic carbocycles.